The van der Waals surface area contributed by atoms with Gasteiger partial charge >= 0.3 is 0 Å². The summed E-state index contributed by atoms with van der Waals surface area (Å²) in [5, 5.41) is 2.82. The van der Waals surface area contributed by atoms with Gasteiger partial charge in [0.2, 0.25) is 5.91 Å². The molecule has 0 atom stereocenters. The molecule has 1 aliphatic rings. The van der Waals surface area contributed by atoms with Crippen molar-refractivity contribution < 1.29 is 17.9 Å². The zero-order valence-electron chi connectivity index (χ0n) is 19.1. The number of amides is 1. The Bertz CT molecular complexity index is 1500. The predicted molar refractivity (Wildman–Crippen MR) is 137 cm³/mol. The second-order valence-electron chi connectivity index (χ2n) is 8.17. The number of hydrogen-bond donors (Lipinski definition) is 1. The highest BCUT2D eigenvalue weighted by Crippen LogP contribution is 2.43. The van der Waals surface area contributed by atoms with Crippen molar-refractivity contribution in [3.05, 3.63) is 103 Å². The summed E-state index contributed by atoms with van der Waals surface area (Å²) in [7, 11) is -3.92. The average Bonchev–Trinajstić information content (AvgIpc) is 2.88. The van der Waals surface area contributed by atoms with Gasteiger partial charge in [-0.3, -0.25) is 9.10 Å². The van der Waals surface area contributed by atoms with Gasteiger partial charge in [-0.05, 0) is 54.4 Å². The lowest BCUT2D eigenvalue weighted by molar-refractivity contribution is -0.114. The van der Waals surface area contributed by atoms with E-state index in [4.69, 9.17) is 4.74 Å². The van der Waals surface area contributed by atoms with Crippen molar-refractivity contribution in [2.24, 2.45) is 0 Å². The maximum absolute atomic E-state index is 13.5. The highest BCUT2D eigenvalue weighted by atomic mass is 32.2. The molecule has 0 saturated carbocycles. The molecule has 0 saturated heterocycles. The van der Waals surface area contributed by atoms with Crippen LogP contribution in [0.15, 0.2) is 102 Å². The molecule has 1 heterocycles. The number of hydrogen-bond acceptors (Lipinski definition) is 4. The Labute approximate surface area is 204 Å². The predicted octanol–water partition coefficient (Wildman–Crippen LogP) is 5.86. The third kappa shape index (κ3) is 4.38. The summed E-state index contributed by atoms with van der Waals surface area (Å²) >= 11 is 0. The quantitative estimate of drug-likeness (QED) is 0.372. The second kappa shape index (κ2) is 9.27. The molecule has 35 heavy (non-hydrogen) atoms. The monoisotopic (exact) mass is 484 g/mol. The number of nitrogens with zero attached hydrogens (tertiary/aromatic N) is 1. The number of fused-ring (bicyclic) bond motifs is 3. The van der Waals surface area contributed by atoms with Crippen molar-refractivity contribution in [3.8, 4) is 22.6 Å². The van der Waals surface area contributed by atoms with Gasteiger partial charge in [-0.1, -0.05) is 61.5 Å². The van der Waals surface area contributed by atoms with Gasteiger partial charge in [0.25, 0.3) is 10.0 Å². The first-order valence-corrected chi connectivity index (χ1v) is 12.8. The molecule has 1 aliphatic heterocycles. The Kier molecular flexibility index (Phi) is 6.01. The number of anilines is 2. The minimum Gasteiger partial charge on any atom is -0.455 e. The van der Waals surface area contributed by atoms with E-state index in [9.17, 15) is 13.2 Å². The SMILES string of the molecule is CCc1ccc2c(c1)-c1ccccc1S(=O)(=O)N2CC(=O)Nc1ccccc1Oc1ccccc1. The summed E-state index contributed by atoms with van der Waals surface area (Å²) in [5.41, 5.74) is 3.49. The topological polar surface area (TPSA) is 75.7 Å². The van der Waals surface area contributed by atoms with Crippen molar-refractivity contribution in [2.75, 3.05) is 16.2 Å². The number of benzene rings is 4. The first kappa shape index (κ1) is 22.7. The van der Waals surface area contributed by atoms with Gasteiger partial charge < -0.3 is 10.1 Å². The van der Waals surface area contributed by atoms with E-state index in [0.29, 0.717) is 28.4 Å². The van der Waals surface area contributed by atoms with Gasteiger partial charge in [-0.25, -0.2) is 8.42 Å². The summed E-state index contributed by atoms with van der Waals surface area (Å²) in [6.07, 6.45) is 0.820. The number of carbonyl (C=O) groups excluding carboxylic acids is 1. The molecular formula is C28H24N2O4S. The lowest BCUT2D eigenvalue weighted by Gasteiger charge is -2.32. The first-order chi connectivity index (χ1) is 17.0. The van der Waals surface area contributed by atoms with Gasteiger partial charge in [-0.2, -0.15) is 0 Å². The van der Waals surface area contributed by atoms with E-state index >= 15 is 0 Å². The highest BCUT2D eigenvalue weighted by molar-refractivity contribution is 7.93. The smallest absolute Gasteiger partial charge is 0.265 e. The lowest BCUT2D eigenvalue weighted by Crippen LogP contribution is -2.40. The lowest BCUT2D eigenvalue weighted by atomic mass is 9.99. The van der Waals surface area contributed by atoms with E-state index in [1.165, 1.54) is 4.31 Å². The normalized spacial score (nSPS) is 13.5. The first-order valence-electron chi connectivity index (χ1n) is 11.3. The van der Waals surface area contributed by atoms with Gasteiger partial charge in [0.1, 0.15) is 12.3 Å². The van der Waals surface area contributed by atoms with Crippen LogP contribution in [0, 0.1) is 0 Å². The molecule has 0 fully saturated rings. The van der Waals surface area contributed by atoms with E-state index in [1.54, 1.807) is 42.5 Å². The molecule has 176 valence electrons. The van der Waals surface area contributed by atoms with Crippen LogP contribution in [0.3, 0.4) is 0 Å². The zero-order valence-corrected chi connectivity index (χ0v) is 20.0. The highest BCUT2D eigenvalue weighted by Gasteiger charge is 2.36. The van der Waals surface area contributed by atoms with E-state index in [0.717, 1.165) is 17.5 Å². The zero-order chi connectivity index (χ0) is 24.4. The Morgan fingerprint density at radius 3 is 2.37 bits per heavy atom. The number of ether oxygens (including phenoxy) is 1. The molecule has 0 spiro atoms. The van der Waals surface area contributed by atoms with Crippen molar-refractivity contribution >= 4 is 27.3 Å². The molecule has 4 aromatic carbocycles. The Balaban J connectivity index is 1.46. The average molecular weight is 485 g/mol. The van der Waals surface area contributed by atoms with Gasteiger partial charge in [0, 0.05) is 11.1 Å². The Morgan fingerprint density at radius 2 is 1.57 bits per heavy atom. The molecule has 5 rings (SSSR count). The van der Waals surface area contributed by atoms with Crippen LogP contribution < -0.4 is 14.4 Å². The summed E-state index contributed by atoms with van der Waals surface area (Å²) in [4.78, 5) is 13.3. The van der Waals surface area contributed by atoms with E-state index in [1.807, 2.05) is 61.5 Å². The molecule has 6 nitrogen and oxygen atoms in total. The minimum absolute atomic E-state index is 0.196. The number of nitrogens with one attached hydrogen (secondary N) is 1. The fraction of sp³-hybridized carbons (Fsp3) is 0.107. The molecule has 0 unspecified atom stereocenters. The van der Waals surface area contributed by atoms with Crippen LogP contribution in [0.2, 0.25) is 0 Å². The van der Waals surface area contributed by atoms with Gasteiger partial charge in [0.15, 0.2) is 5.75 Å². The summed E-state index contributed by atoms with van der Waals surface area (Å²) in [5.74, 6) is 0.625. The molecule has 1 amide bonds. The van der Waals surface area contributed by atoms with Crippen LogP contribution in [0.5, 0.6) is 11.5 Å². The molecule has 0 radical (unpaired) electrons. The van der Waals surface area contributed by atoms with Crippen LogP contribution in [-0.2, 0) is 21.2 Å². The van der Waals surface area contributed by atoms with Crippen LogP contribution in [0.25, 0.3) is 11.1 Å². The van der Waals surface area contributed by atoms with Crippen molar-refractivity contribution in [1.29, 1.82) is 0 Å². The number of para-hydroxylation sites is 3. The van der Waals surface area contributed by atoms with E-state index < -0.39 is 15.9 Å². The molecule has 0 bridgehead atoms. The molecule has 4 aromatic rings. The van der Waals surface area contributed by atoms with Gasteiger partial charge in [0.05, 0.1) is 16.3 Å². The summed E-state index contributed by atoms with van der Waals surface area (Å²) < 4.78 is 34.2. The van der Waals surface area contributed by atoms with Crippen LogP contribution in [0.4, 0.5) is 11.4 Å². The summed E-state index contributed by atoms with van der Waals surface area (Å²) in [6.45, 7) is 1.68. The fourth-order valence-electron chi connectivity index (χ4n) is 4.16. The number of carbonyl (C=O) groups is 1. The summed E-state index contributed by atoms with van der Waals surface area (Å²) in [6, 6.07) is 28.9. The van der Waals surface area contributed by atoms with Crippen LogP contribution >= 0.6 is 0 Å². The van der Waals surface area contributed by atoms with E-state index in [-0.39, 0.29) is 11.4 Å². The number of aryl methyl sites for hydroxylation is 1. The Morgan fingerprint density at radius 1 is 0.857 bits per heavy atom. The second-order valence-corrected chi connectivity index (χ2v) is 10.0. The maximum Gasteiger partial charge on any atom is 0.265 e. The van der Waals surface area contributed by atoms with Crippen molar-refractivity contribution in [1.82, 2.24) is 0 Å². The molecule has 7 heteroatoms. The van der Waals surface area contributed by atoms with E-state index in [2.05, 4.69) is 5.32 Å². The minimum atomic E-state index is -3.92. The molecule has 1 N–H and O–H groups in total. The van der Waals surface area contributed by atoms with Crippen LogP contribution in [0.1, 0.15) is 12.5 Å². The standard InChI is InChI=1S/C28H24N2O4S/c1-2-20-16-17-25-23(18-20)22-12-6-9-15-27(22)35(32,33)30(25)19-28(31)29-24-13-7-8-14-26(24)34-21-10-4-3-5-11-21/h3-18H,2,19H2,1H3,(H,29,31). The third-order valence-electron chi connectivity index (χ3n) is 5.90. The molecular weight excluding hydrogens is 460 g/mol. The fourth-order valence-corrected chi connectivity index (χ4v) is 5.81. The third-order valence-corrected chi connectivity index (χ3v) is 7.72. The Hall–Kier alpha value is -4.10. The van der Waals surface area contributed by atoms with Crippen molar-refractivity contribution in [2.45, 2.75) is 18.2 Å². The van der Waals surface area contributed by atoms with Gasteiger partial charge in [-0.15, -0.1) is 0 Å². The molecule has 0 aromatic heterocycles. The van der Waals surface area contributed by atoms with Crippen LogP contribution in [-0.4, -0.2) is 20.9 Å². The van der Waals surface area contributed by atoms with Crippen molar-refractivity contribution in [3.63, 3.8) is 0 Å². The maximum atomic E-state index is 13.5. The largest absolute Gasteiger partial charge is 0.455 e. The molecule has 0 aliphatic carbocycles. The number of sulfonamides is 1. The number of rotatable bonds is 6.